The highest BCUT2D eigenvalue weighted by molar-refractivity contribution is 7.09. The predicted molar refractivity (Wildman–Crippen MR) is 69.6 cm³/mol. The molecule has 16 heavy (non-hydrogen) atoms. The highest BCUT2D eigenvalue weighted by Gasteiger charge is 2.23. The summed E-state index contributed by atoms with van der Waals surface area (Å²) in [7, 11) is 0. The molecule has 1 aromatic heterocycles. The van der Waals surface area contributed by atoms with Crippen molar-refractivity contribution < 1.29 is 0 Å². The molecule has 2 rings (SSSR count). The lowest BCUT2D eigenvalue weighted by Gasteiger charge is -2.32. The Morgan fingerprint density at radius 3 is 3.06 bits per heavy atom. The molecule has 0 saturated heterocycles. The number of aromatic nitrogens is 1. The molecule has 0 radical (unpaired) electrons. The van der Waals surface area contributed by atoms with Crippen molar-refractivity contribution in [2.45, 2.75) is 58.0 Å². The van der Waals surface area contributed by atoms with Crippen LogP contribution in [0.5, 0.6) is 0 Å². The third kappa shape index (κ3) is 3.29. The first-order chi connectivity index (χ1) is 7.90. The number of hydrogen-bond donors (Lipinski definition) is 1. The number of hydrogen-bond acceptors (Lipinski definition) is 3. The third-order valence-electron chi connectivity index (χ3n) is 3.59. The summed E-state index contributed by atoms with van der Waals surface area (Å²) in [4.78, 5) is 5.48. The van der Waals surface area contributed by atoms with Gasteiger partial charge in [-0.3, -0.25) is 4.98 Å². The Hall–Kier alpha value is -0.410. The van der Waals surface area contributed by atoms with Gasteiger partial charge in [-0.25, -0.2) is 0 Å². The van der Waals surface area contributed by atoms with Gasteiger partial charge in [0.05, 0.1) is 5.51 Å². The summed E-state index contributed by atoms with van der Waals surface area (Å²) in [5.74, 6) is 0.909. The molecule has 2 unspecified atom stereocenters. The summed E-state index contributed by atoms with van der Waals surface area (Å²) in [6.07, 6.45) is 10.3. The zero-order valence-corrected chi connectivity index (χ0v) is 10.9. The van der Waals surface area contributed by atoms with Gasteiger partial charge in [-0.15, -0.1) is 11.3 Å². The molecule has 0 aliphatic heterocycles. The molecular formula is C13H22N2S. The molecule has 1 heterocycles. The Labute approximate surface area is 102 Å². The summed E-state index contributed by atoms with van der Waals surface area (Å²) < 4.78 is 0. The minimum absolute atomic E-state index is 0.746. The first kappa shape index (κ1) is 12.1. The van der Waals surface area contributed by atoms with Crippen molar-refractivity contribution in [2.24, 2.45) is 5.92 Å². The second-order valence-corrected chi connectivity index (χ2v) is 5.76. The van der Waals surface area contributed by atoms with E-state index < -0.39 is 0 Å². The van der Waals surface area contributed by atoms with Gasteiger partial charge in [-0.1, -0.05) is 26.2 Å². The minimum atomic E-state index is 0.746. The van der Waals surface area contributed by atoms with Crippen molar-refractivity contribution in [1.82, 2.24) is 10.3 Å². The molecule has 1 fully saturated rings. The maximum absolute atomic E-state index is 4.12. The normalized spacial score (nSPS) is 25.8. The average Bonchev–Trinajstić information content (AvgIpc) is 2.81. The third-order valence-corrected chi connectivity index (χ3v) is 4.37. The van der Waals surface area contributed by atoms with E-state index in [9.17, 15) is 0 Å². The molecule has 0 aromatic carbocycles. The zero-order chi connectivity index (χ0) is 11.2. The highest BCUT2D eigenvalue weighted by Crippen LogP contribution is 2.28. The lowest BCUT2D eigenvalue weighted by Crippen LogP contribution is -2.37. The molecule has 0 bridgehead atoms. The molecule has 0 amide bonds. The average molecular weight is 238 g/mol. The van der Waals surface area contributed by atoms with Crippen LogP contribution in [-0.4, -0.2) is 11.0 Å². The maximum atomic E-state index is 4.12. The zero-order valence-electron chi connectivity index (χ0n) is 10.1. The van der Waals surface area contributed by atoms with E-state index in [0.717, 1.165) is 18.5 Å². The Morgan fingerprint density at radius 2 is 2.31 bits per heavy atom. The molecular weight excluding hydrogens is 216 g/mol. The van der Waals surface area contributed by atoms with Crippen LogP contribution in [0, 0.1) is 5.92 Å². The number of nitrogens with zero attached hydrogens (tertiary/aromatic N) is 1. The molecule has 1 saturated carbocycles. The van der Waals surface area contributed by atoms with Crippen molar-refractivity contribution in [3.05, 3.63) is 16.6 Å². The van der Waals surface area contributed by atoms with Gasteiger partial charge >= 0.3 is 0 Å². The minimum Gasteiger partial charge on any atom is -0.309 e. The smallest absolute Gasteiger partial charge is 0.0794 e. The fraction of sp³-hybridized carbons (Fsp3) is 0.769. The van der Waals surface area contributed by atoms with E-state index in [1.807, 2.05) is 11.7 Å². The van der Waals surface area contributed by atoms with E-state index in [4.69, 9.17) is 0 Å². The molecule has 3 heteroatoms. The van der Waals surface area contributed by atoms with Crippen LogP contribution in [0.1, 0.15) is 50.3 Å². The van der Waals surface area contributed by atoms with Crippen molar-refractivity contribution in [2.75, 3.05) is 0 Å². The van der Waals surface area contributed by atoms with Crippen molar-refractivity contribution in [3.8, 4) is 0 Å². The fourth-order valence-corrected chi connectivity index (χ4v) is 3.30. The van der Waals surface area contributed by atoms with Gasteiger partial charge in [-0.2, -0.15) is 0 Å². The van der Waals surface area contributed by atoms with Crippen LogP contribution in [0.25, 0.3) is 0 Å². The van der Waals surface area contributed by atoms with Crippen molar-refractivity contribution in [1.29, 1.82) is 0 Å². The van der Waals surface area contributed by atoms with Gasteiger partial charge in [0.15, 0.2) is 0 Å². The molecule has 2 nitrogen and oxygen atoms in total. The lowest BCUT2D eigenvalue weighted by molar-refractivity contribution is 0.247. The van der Waals surface area contributed by atoms with Gasteiger partial charge in [0.1, 0.15) is 0 Å². The second-order valence-electron chi connectivity index (χ2n) is 4.79. The first-order valence-electron chi connectivity index (χ1n) is 6.51. The summed E-state index contributed by atoms with van der Waals surface area (Å²) >= 11 is 1.75. The summed E-state index contributed by atoms with van der Waals surface area (Å²) in [6, 6.07) is 0.746. The van der Waals surface area contributed by atoms with E-state index in [2.05, 4.69) is 17.2 Å². The number of rotatable bonds is 5. The van der Waals surface area contributed by atoms with Crippen LogP contribution < -0.4 is 5.32 Å². The summed E-state index contributed by atoms with van der Waals surface area (Å²) in [5, 5.41) is 3.73. The van der Waals surface area contributed by atoms with Crippen LogP contribution in [0.4, 0.5) is 0 Å². The molecule has 1 aliphatic rings. The Balaban J connectivity index is 1.81. The quantitative estimate of drug-likeness (QED) is 0.848. The monoisotopic (exact) mass is 238 g/mol. The van der Waals surface area contributed by atoms with Crippen LogP contribution >= 0.6 is 11.3 Å². The summed E-state index contributed by atoms with van der Waals surface area (Å²) in [5.41, 5.74) is 1.92. The van der Waals surface area contributed by atoms with E-state index in [1.165, 1.54) is 43.4 Å². The van der Waals surface area contributed by atoms with E-state index in [0.29, 0.717) is 0 Å². The van der Waals surface area contributed by atoms with E-state index in [1.54, 1.807) is 11.3 Å². The largest absolute Gasteiger partial charge is 0.309 e. The molecule has 1 aliphatic carbocycles. The van der Waals surface area contributed by atoms with Crippen molar-refractivity contribution >= 4 is 11.3 Å². The Bertz CT molecular complexity index is 282. The topological polar surface area (TPSA) is 24.9 Å². The first-order valence-corrected chi connectivity index (χ1v) is 7.39. The lowest BCUT2D eigenvalue weighted by atomic mass is 9.82. The standard InChI is InChI=1S/C13H22N2S/c1-2-5-11-6-3-4-7-13(11)15-9-12-8-14-10-16-12/h8,10-11,13,15H,2-7,9H2,1H3. The predicted octanol–water partition coefficient (Wildman–Crippen LogP) is 3.59. The number of thiazole rings is 1. The molecule has 90 valence electrons. The van der Waals surface area contributed by atoms with Crippen LogP contribution in [-0.2, 0) is 6.54 Å². The second kappa shape index (κ2) is 6.36. The van der Waals surface area contributed by atoms with Gasteiger partial charge in [0.2, 0.25) is 0 Å². The van der Waals surface area contributed by atoms with Gasteiger partial charge < -0.3 is 5.32 Å². The number of nitrogens with one attached hydrogen (secondary N) is 1. The van der Waals surface area contributed by atoms with E-state index >= 15 is 0 Å². The SMILES string of the molecule is CCCC1CCCCC1NCc1cncs1. The highest BCUT2D eigenvalue weighted by atomic mass is 32.1. The summed E-state index contributed by atoms with van der Waals surface area (Å²) in [6.45, 7) is 3.31. The van der Waals surface area contributed by atoms with Gasteiger partial charge in [0, 0.05) is 23.7 Å². The van der Waals surface area contributed by atoms with Crippen LogP contribution in [0.3, 0.4) is 0 Å². The fourth-order valence-electron chi connectivity index (χ4n) is 2.75. The maximum Gasteiger partial charge on any atom is 0.0794 e. The molecule has 1 N–H and O–H groups in total. The van der Waals surface area contributed by atoms with Crippen molar-refractivity contribution in [3.63, 3.8) is 0 Å². The molecule has 1 aromatic rings. The van der Waals surface area contributed by atoms with Gasteiger partial charge in [0.25, 0.3) is 0 Å². The Kier molecular flexibility index (Phi) is 4.79. The van der Waals surface area contributed by atoms with Crippen LogP contribution in [0.15, 0.2) is 11.7 Å². The van der Waals surface area contributed by atoms with E-state index in [-0.39, 0.29) is 0 Å². The van der Waals surface area contributed by atoms with Crippen LogP contribution in [0.2, 0.25) is 0 Å². The molecule has 2 atom stereocenters. The Morgan fingerprint density at radius 1 is 1.44 bits per heavy atom. The molecule has 0 spiro atoms. The van der Waals surface area contributed by atoms with Gasteiger partial charge in [-0.05, 0) is 25.2 Å².